The zero-order valence-electron chi connectivity index (χ0n) is 11.1. The molecular weight excluding hydrogens is 296 g/mol. The first-order valence-electron chi connectivity index (χ1n) is 6.00. The molecular formula is C13H14N2O3S2. The molecule has 7 heteroatoms. The van der Waals surface area contributed by atoms with Crippen LogP contribution in [-0.4, -0.2) is 19.2 Å². The topological polar surface area (TPSA) is 76.1 Å². The summed E-state index contributed by atoms with van der Waals surface area (Å²) in [7, 11) is -3.66. The van der Waals surface area contributed by atoms with E-state index in [1.807, 2.05) is 12.3 Å². The summed E-state index contributed by atoms with van der Waals surface area (Å²) in [5.74, 6) is -0.102. The molecule has 0 amide bonds. The number of thiazole rings is 1. The zero-order valence-corrected chi connectivity index (χ0v) is 12.7. The Kier molecular flexibility index (Phi) is 4.20. The van der Waals surface area contributed by atoms with Gasteiger partial charge in [0.05, 0.1) is 10.6 Å². The summed E-state index contributed by atoms with van der Waals surface area (Å²) in [6.07, 6.45) is 0.755. The second kappa shape index (κ2) is 5.72. The van der Waals surface area contributed by atoms with Gasteiger partial charge in [-0.05, 0) is 25.5 Å². The number of carbonyl (C=O) groups is 1. The van der Waals surface area contributed by atoms with Gasteiger partial charge in [-0.2, -0.15) is 0 Å². The first-order chi connectivity index (χ1) is 9.42. The molecule has 0 aliphatic rings. The molecule has 0 bridgehead atoms. The van der Waals surface area contributed by atoms with Crippen molar-refractivity contribution in [1.29, 1.82) is 0 Å². The third kappa shape index (κ3) is 3.23. The van der Waals surface area contributed by atoms with E-state index < -0.39 is 10.0 Å². The third-order valence-corrected chi connectivity index (χ3v) is 5.00. The van der Waals surface area contributed by atoms with E-state index in [-0.39, 0.29) is 10.7 Å². The lowest BCUT2D eigenvalue weighted by molar-refractivity contribution is 0.101. The molecule has 20 heavy (non-hydrogen) atoms. The standard InChI is InChI=1S/C13H14N2O3S2/c1-3-11-8-19-13(14-11)15-20(17,18)12-6-4-10(5-7-12)9(2)16/h4-8H,3H2,1-2H3,(H,14,15). The van der Waals surface area contributed by atoms with E-state index in [2.05, 4.69) is 9.71 Å². The molecule has 1 aromatic carbocycles. The highest BCUT2D eigenvalue weighted by molar-refractivity contribution is 7.93. The Morgan fingerprint density at radius 1 is 1.30 bits per heavy atom. The molecule has 0 spiro atoms. The van der Waals surface area contributed by atoms with Crippen molar-refractivity contribution in [2.75, 3.05) is 4.72 Å². The highest BCUT2D eigenvalue weighted by Crippen LogP contribution is 2.20. The van der Waals surface area contributed by atoms with Gasteiger partial charge in [-0.3, -0.25) is 9.52 Å². The number of Topliss-reactive ketones (excluding diaryl/α,β-unsaturated/α-hetero) is 1. The van der Waals surface area contributed by atoms with Gasteiger partial charge in [0.1, 0.15) is 0 Å². The average Bonchev–Trinajstić information content (AvgIpc) is 2.85. The number of hydrogen-bond donors (Lipinski definition) is 1. The maximum atomic E-state index is 12.2. The van der Waals surface area contributed by atoms with Crippen LogP contribution in [0.4, 0.5) is 5.13 Å². The molecule has 0 radical (unpaired) electrons. The van der Waals surface area contributed by atoms with Gasteiger partial charge in [-0.15, -0.1) is 11.3 Å². The number of benzene rings is 1. The van der Waals surface area contributed by atoms with Gasteiger partial charge in [0, 0.05) is 10.9 Å². The minimum atomic E-state index is -3.66. The number of anilines is 1. The molecule has 1 aromatic heterocycles. The van der Waals surface area contributed by atoms with E-state index in [0.29, 0.717) is 10.7 Å². The van der Waals surface area contributed by atoms with E-state index in [9.17, 15) is 13.2 Å². The SMILES string of the molecule is CCc1csc(NS(=O)(=O)c2ccc(C(C)=O)cc2)n1. The quantitative estimate of drug-likeness (QED) is 0.862. The summed E-state index contributed by atoms with van der Waals surface area (Å²) < 4.78 is 26.7. The average molecular weight is 310 g/mol. The lowest BCUT2D eigenvalue weighted by atomic mass is 10.2. The fraction of sp³-hybridized carbons (Fsp3) is 0.231. The van der Waals surface area contributed by atoms with Gasteiger partial charge in [-0.1, -0.05) is 19.1 Å². The first kappa shape index (κ1) is 14.7. The van der Waals surface area contributed by atoms with Crippen LogP contribution >= 0.6 is 11.3 Å². The highest BCUT2D eigenvalue weighted by atomic mass is 32.2. The lowest BCUT2D eigenvalue weighted by Crippen LogP contribution is -2.13. The fourth-order valence-corrected chi connectivity index (χ4v) is 3.61. The van der Waals surface area contributed by atoms with Crippen LogP contribution < -0.4 is 4.72 Å². The Labute approximate surface area is 121 Å². The van der Waals surface area contributed by atoms with Crippen molar-refractivity contribution >= 4 is 32.3 Å². The van der Waals surface area contributed by atoms with Crippen LogP contribution in [0.5, 0.6) is 0 Å². The Balaban J connectivity index is 2.23. The van der Waals surface area contributed by atoms with E-state index in [1.54, 1.807) is 0 Å². The van der Waals surface area contributed by atoms with E-state index in [1.165, 1.54) is 42.5 Å². The van der Waals surface area contributed by atoms with Crippen molar-refractivity contribution in [2.45, 2.75) is 25.2 Å². The predicted molar refractivity (Wildman–Crippen MR) is 78.7 cm³/mol. The summed E-state index contributed by atoms with van der Waals surface area (Å²) in [6.45, 7) is 3.39. The molecule has 0 unspecified atom stereocenters. The number of nitrogens with one attached hydrogen (secondary N) is 1. The minimum Gasteiger partial charge on any atom is -0.295 e. The Morgan fingerprint density at radius 3 is 2.45 bits per heavy atom. The molecule has 0 aliphatic heterocycles. The van der Waals surface area contributed by atoms with Crippen LogP contribution in [0.1, 0.15) is 29.9 Å². The van der Waals surface area contributed by atoms with Crippen molar-refractivity contribution in [1.82, 2.24) is 4.98 Å². The van der Waals surface area contributed by atoms with Crippen LogP contribution in [0, 0.1) is 0 Å². The van der Waals surface area contributed by atoms with Crippen LogP contribution in [-0.2, 0) is 16.4 Å². The summed E-state index contributed by atoms with van der Waals surface area (Å²) >= 11 is 1.25. The van der Waals surface area contributed by atoms with E-state index in [4.69, 9.17) is 0 Å². The summed E-state index contributed by atoms with van der Waals surface area (Å²) in [5.41, 5.74) is 1.33. The number of rotatable bonds is 5. The molecule has 106 valence electrons. The van der Waals surface area contributed by atoms with Crippen LogP contribution in [0.15, 0.2) is 34.5 Å². The number of nitrogens with zero attached hydrogens (tertiary/aromatic N) is 1. The largest absolute Gasteiger partial charge is 0.295 e. The van der Waals surface area contributed by atoms with Gasteiger partial charge < -0.3 is 0 Å². The molecule has 0 aliphatic carbocycles. The Bertz CT molecular complexity index is 718. The number of carbonyl (C=O) groups excluding carboxylic acids is 1. The van der Waals surface area contributed by atoms with Crippen molar-refractivity contribution in [3.63, 3.8) is 0 Å². The first-order valence-corrected chi connectivity index (χ1v) is 8.37. The number of ketones is 1. The van der Waals surface area contributed by atoms with Crippen molar-refractivity contribution in [3.8, 4) is 0 Å². The molecule has 2 aromatic rings. The molecule has 1 N–H and O–H groups in total. The lowest BCUT2D eigenvalue weighted by Gasteiger charge is -2.05. The normalized spacial score (nSPS) is 11.3. The molecule has 0 atom stereocenters. The second-order valence-electron chi connectivity index (χ2n) is 4.18. The van der Waals surface area contributed by atoms with E-state index in [0.717, 1.165) is 12.1 Å². The molecule has 2 rings (SSSR count). The number of hydrogen-bond acceptors (Lipinski definition) is 5. The Hall–Kier alpha value is -1.73. The Morgan fingerprint density at radius 2 is 1.95 bits per heavy atom. The van der Waals surface area contributed by atoms with Gasteiger partial charge in [0.15, 0.2) is 10.9 Å². The number of sulfonamides is 1. The predicted octanol–water partition coefficient (Wildman–Crippen LogP) is 2.71. The summed E-state index contributed by atoms with van der Waals surface area (Å²) in [6, 6.07) is 5.81. The van der Waals surface area contributed by atoms with E-state index >= 15 is 0 Å². The van der Waals surface area contributed by atoms with Crippen molar-refractivity contribution < 1.29 is 13.2 Å². The third-order valence-electron chi connectivity index (χ3n) is 2.71. The monoisotopic (exact) mass is 310 g/mol. The van der Waals surface area contributed by atoms with Crippen LogP contribution in [0.25, 0.3) is 0 Å². The molecule has 5 nitrogen and oxygen atoms in total. The maximum absolute atomic E-state index is 12.2. The molecule has 0 fully saturated rings. The van der Waals surface area contributed by atoms with Gasteiger partial charge in [-0.25, -0.2) is 13.4 Å². The zero-order chi connectivity index (χ0) is 14.8. The maximum Gasteiger partial charge on any atom is 0.263 e. The molecule has 0 saturated carbocycles. The van der Waals surface area contributed by atoms with Crippen molar-refractivity contribution in [3.05, 3.63) is 40.9 Å². The van der Waals surface area contributed by atoms with Gasteiger partial charge >= 0.3 is 0 Å². The number of aryl methyl sites for hydroxylation is 1. The van der Waals surface area contributed by atoms with Gasteiger partial charge in [0.25, 0.3) is 10.0 Å². The summed E-state index contributed by atoms with van der Waals surface area (Å²) in [4.78, 5) is 15.4. The van der Waals surface area contributed by atoms with Crippen LogP contribution in [0.2, 0.25) is 0 Å². The molecule has 1 heterocycles. The summed E-state index contributed by atoms with van der Waals surface area (Å²) in [5, 5.41) is 2.16. The minimum absolute atomic E-state index is 0.102. The fourth-order valence-electron chi connectivity index (χ4n) is 1.56. The van der Waals surface area contributed by atoms with Crippen LogP contribution in [0.3, 0.4) is 0 Å². The molecule has 0 saturated heterocycles. The van der Waals surface area contributed by atoms with Gasteiger partial charge in [0.2, 0.25) is 0 Å². The second-order valence-corrected chi connectivity index (χ2v) is 6.72. The smallest absolute Gasteiger partial charge is 0.263 e. The number of aromatic nitrogens is 1. The van der Waals surface area contributed by atoms with Crippen molar-refractivity contribution in [2.24, 2.45) is 0 Å². The highest BCUT2D eigenvalue weighted by Gasteiger charge is 2.16.